The summed E-state index contributed by atoms with van der Waals surface area (Å²) in [6.45, 7) is 3.72. The van der Waals surface area contributed by atoms with Crippen LogP contribution in [0.25, 0.3) is 11.1 Å². The van der Waals surface area contributed by atoms with E-state index in [0.29, 0.717) is 11.3 Å². The smallest absolute Gasteiger partial charge is 0.408 e. The van der Waals surface area contributed by atoms with E-state index in [-0.39, 0.29) is 18.9 Å². The number of hydrogen-bond donors (Lipinski definition) is 2. The molecule has 0 saturated heterocycles. The Morgan fingerprint density at radius 1 is 0.970 bits per heavy atom. The van der Waals surface area contributed by atoms with Crippen molar-refractivity contribution in [2.24, 2.45) is 0 Å². The number of carboxylic acid groups (broad SMARTS) is 1. The highest BCUT2D eigenvalue weighted by atomic mass is 16.5. The van der Waals surface area contributed by atoms with Crippen LogP contribution in [0, 0.1) is 0 Å². The number of aliphatic carboxylic acids is 1. The number of benzene rings is 3. The minimum Gasteiger partial charge on any atom is -0.487 e. The number of carbonyl (C=O) groups excluding carboxylic acids is 1. The number of carbonyl (C=O) groups is 2. The van der Waals surface area contributed by atoms with Gasteiger partial charge in [-0.1, -0.05) is 66.7 Å². The number of nitrogens with one attached hydrogen (secondary N) is 1. The lowest BCUT2D eigenvalue weighted by molar-refractivity contribution is -0.149. The SMILES string of the molecule is CC1(C)CC(NC(=O)OCC2c3ccccc3-c3ccccc32)(C(=O)O)c2ccccc2O1. The summed E-state index contributed by atoms with van der Waals surface area (Å²) in [7, 11) is 0. The summed E-state index contributed by atoms with van der Waals surface area (Å²) in [5.41, 5.74) is 2.41. The van der Waals surface area contributed by atoms with E-state index < -0.39 is 23.2 Å². The molecule has 168 valence electrons. The predicted molar refractivity (Wildman–Crippen MR) is 123 cm³/mol. The summed E-state index contributed by atoms with van der Waals surface area (Å²) >= 11 is 0. The van der Waals surface area contributed by atoms with Gasteiger partial charge in [-0.25, -0.2) is 9.59 Å². The molecule has 1 aliphatic heterocycles. The maximum Gasteiger partial charge on any atom is 0.408 e. The second kappa shape index (κ2) is 7.66. The molecule has 0 saturated carbocycles. The van der Waals surface area contributed by atoms with Crippen molar-refractivity contribution in [3.63, 3.8) is 0 Å². The van der Waals surface area contributed by atoms with Gasteiger partial charge in [-0.3, -0.25) is 0 Å². The van der Waals surface area contributed by atoms with Gasteiger partial charge in [0.2, 0.25) is 0 Å². The van der Waals surface area contributed by atoms with E-state index in [1.807, 2.05) is 36.4 Å². The first kappa shape index (κ1) is 21.1. The van der Waals surface area contributed by atoms with Crippen LogP contribution in [-0.4, -0.2) is 29.4 Å². The lowest BCUT2D eigenvalue weighted by atomic mass is 9.77. The first-order chi connectivity index (χ1) is 15.8. The Morgan fingerprint density at radius 3 is 2.18 bits per heavy atom. The van der Waals surface area contributed by atoms with Crippen LogP contribution in [-0.2, 0) is 15.1 Å². The van der Waals surface area contributed by atoms with E-state index in [1.165, 1.54) is 0 Å². The van der Waals surface area contributed by atoms with E-state index >= 15 is 0 Å². The van der Waals surface area contributed by atoms with Gasteiger partial charge in [0.05, 0.1) is 0 Å². The van der Waals surface area contributed by atoms with Crippen molar-refractivity contribution in [2.45, 2.75) is 37.3 Å². The van der Waals surface area contributed by atoms with Gasteiger partial charge in [-0.2, -0.15) is 0 Å². The van der Waals surface area contributed by atoms with Crippen molar-refractivity contribution in [1.29, 1.82) is 0 Å². The zero-order valence-electron chi connectivity index (χ0n) is 18.5. The van der Waals surface area contributed by atoms with E-state index in [9.17, 15) is 14.7 Å². The molecule has 3 aromatic rings. The Balaban J connectivity index is 1.41. The fourth-order valence-electron chi connectivity index (χ4n) is 5.14. The maximum atomic E-state index is 13.0. The van der Waals surface area contributed by atoms with Gasteiger partial charge < -0.3 is 19.9 Å². The number of hydrogen-bond acceptors (Lipinski definition) is 4. The van der Waals surface area contributed by atoms with Gasteiger partial charge in [0.1, 0.15) is 18.0 Å². The van der Waals surface area contributed by atoms with E-state index in [4.69, 9.17) is 9.47 Å². The van der Waals surface area contributed by atoms with Crippen LogP contribution in [0.15, 0.2) is 72.8 Å². The van der Waals surface area contributed by atoms with Gasteiger partial charge in [0, 0.05) is 17.9 Å². The lowest BCUT2D eigenvalue weighted by Crippen LogP contribution is -2.58. The van der Waals surface area contributed by atoms with E-state index in [1.54, 1.807) is 38.1 Å². The fourth-order valence-corrected chi connectivity index (χ4v) is 5.14. The van der Waals surface area contributed by atoms with Crippen LogP contribution >= 0.6 is 0 Å². The number of carboxylic acids is 1. The molecule has 5 rings (SSSR count). The molecule has 0 fully saturated rings. The predicted octanol–water partition coefficient (Wildman–Crippen LogP) is 5.07. The Labute approximate surface area is 192 Å². The number of rotatable bonds is 4. The summed E-state index contributed by atoms with van der Waals surface area (Å²) < 4.78 is 11.6. The lowest BCUT2D eigenvalue weighted by Gasteiger charge is -2.43. The Kier molecular flexibility index (Phi) is 4.89. The normalized spacial score (nSPS) is 20.1. The van der Waals surface area contributed by atoms with Crippen molar-refractivity contribution in [3.8, 4) is 16.9 Å². The molecule has 1 aliphatic carbocycles. The number of para-hydroxylation sites is 1. The molecule has 3 aromatic carbocycles. The molecule has 0 radical (unpaired) electrons. The highest BCUT2D eigenvalue weighted by Crippen LogP contribution is 2.45. The number of fused-ring (bicyclic) bond motifs is 4. The maximum absolute atomic E-state index is 13.0. The van der Waals surface area contributed by atoms with Gasteiger partial charge in [0.15, 0.2) is 5.54 Å². The first-order valence-electron chi connectivity index (χ1n) is 11.0. The summed E-state index contributed by atoms with van der Waals surface area (Å²) in [5, 5.41) is 12.9. The fraction of sp³-hybridized carbons (Fsp3) is 0.259. The Hall–Kier alpha value is -3.80. The Bertz CT molecular complexity index is 1210. The molecule has 2 aliphatic rings. The molecule has 2 N–H and O–H groups in total. The third-order valence-electron chi connectivity index (χ3n) is 6.45. The second-order valence-electron chi connectivity index (χ2n) is 9.20. The molecule has 1 heterocycles. The molecule has 6 heteroatoms. The zero-order valence-corrected chi connectivity index (χ0v) is 18.5. The van der Waals surface area contributed by atoms with Crippen LogP contribution in [0.2, 0.25) is 0 Å². The quantitative estimate of drug-likeness (QED) is 0.588. The molecule has 1 atom stereocenters. The van der Waals surface area contributed by atoms with Crippen LogP contribution in [0.3, 0.4) is 0 Å². The summed E-state index contributed by atoms with van der Waals surface area (Å²) in [6.07, 6.45) is -0.705. The third-order valence-corrected chi connectivity index (χ3v) is 6.45. The summed E-state index contributed by atoms with van der Waals surface area (Å²) in [5.74, 6) is -0.822. The standard InChI is InChI=1S/C27H25NO5/c1-26(2)16-27(24(29)30,22-13-7-8-14-23(22)33-26)28-25(31)32-15-21-19-11-5-3-9-17(19)18-10-4-6-12-20(18)21/h3-14,21H,15-16H2,1-2H3,(H,28,31)(H,29,30). The Morgan fingerprint density at radius 2 is 1.55 bits per heavy atom. The van der Waals surface area contributed by atoms with Crippen LogP contribution in [0.5, 0.6) is 5.75 Å². The molecule has 0 aromatic heterocycles. The third kappa shape index (κ3) is 3.52. The molecule has 0 spiro atoms. The van der Waals surface area contributed by atoms with Crippen LogP contribution in [0.1, 0.15) is 42.9 Å². The number of alkyl carbamates (subject to hydrolysis) is 1. The first-order valence-corrected chi connectivity index (χ1v) is 11.0. The minimum atomic E-state index is -1.65. The topological polar surface area (TPSA) is 84.9 Å². The largest absolute Gasteiger partial charge is 0.487 e. The number of amides is 1. The highest BCUT2D eigenvalue weighted by Gasteiger charge is 2.52. The van der Waals surface area contributed by atoms with Gasteiger partial charge in [-0.15, -0.1) is 0 Å². The molecule has 1 unspecified atom stereocenters. The van der Waals surface area contributed by atoms with E-state index in [2.05, 4.69) is 17.4 Å². The molecular weight excluding hydrogens is 418 g/mol. The van der Waals surface area contributed by atoms with Crippen molar-refractivity contribution in [2.75, 3.05) is 6.61 Å². The van der Waals surface area contributed by atoms with Crippen molar-refractivity contribution < 1.29 is 24.2 Å². The molecule has 0 bridgehead atoms. The van der Waals surface area contributed by atoms with Crippen molar-refractivity contribution >= 4 is 12.1 Å². The number of ether oxygens (including phenoxy) is 2. The molecular formula is C27H25NO5. The highest BCUT2D eigenvalue weighted by molar-refractivity contribution is 5.87. The summed E-state index contributed by atoms with van der Waals surface area (Å²) in [4.78, 5) is 25.5. The van der Waals surface area contributed by atoms with Crippen molar-refractivity contribution in [3.05, 3.63) is 89.5 Å². The van der Waals surface area contributed by atoms with Crippen LogP contribution < -0.4 is 10.1 Å². The molecule has 1 amide bonds. The average molecular weight is 443 g/mol. The molecule has 6 nitrogen and oxygen atoms in total. The summed E-state index contributed by atoms with van der Waals surface area (Å²) in [6, 6.07) is 23.0. The van der Waals surface area contributed by atoms with Gasteiger partial charge in [-0.05, 0) is 42.2 Å². The molecule has 33 heavy (non-hydrogen) atoms. The minimum absolute atomic E-state index is 0.0660. The zero-order chi connectivity index (χ0) is 23.2. The van der Waals surface area contributed by atoms with Crippen LogP contribution in [0.4, 0.5) is 4.79 Å². The van der Waals surface area contributed by atoms with Gasteiger partial charge >= 0.3 is 12.1 Å². The van der Waals surface area contributed by atoms with E-state index in [0.717, 1.165) is 22.3 Å². The van der Waals surface area contributed by atoms with Crippen molar-refractivity contribution in [1.82, 2.24) is 5.32 Å². The monoisotopic (exact) mass is 443 g/mol. The second-order valence-corrected chi connectivity index (χ2v) is 9.20. The average Bonchev–Trinajstić information content (AvgIpc) is 3.10. The van der Waals surface area contributed by atoms with Gasteiger partial charge in [0.25, 0.3) is 0 Å².